The van der Waals surface area contributed by atoms with Gasteiger partial charge < -0.3 is 43.9 Å². The molecule has 1 saturated carbocycles. The smallest absolute Gasteiger partial charge is 0.329 e. The van der Waals surface area contributed by atoms with Crippen LogP contribution in [0.25, 0.3) is 0 Å². The van der Waals surface area contributed by atoms with Crippen molar-refractivity contribution in [3.63, 3.8) is 0 Å². The van der Waals surface area contributed by atoms with Crippen LogP contribution in [0.5, 0.6) is 0 Å². The van der Waals surface area contributed by atoms with E-state index in [2.05, 4.69) is 31.9 Å². The lowest BCUT2D eigenvalue weighted by Crippen LogP contribution is -2.64. The molecule has 0 aromatic rings. The number of fused-ring (bicyclic) bond motifs is 3. The minimum absolute atomic E-state index is 0. The van der Waals surface area contributed by atoms with Crippen molar-refractivity contribution in [3.8, 4) is 0 Å². The molecular weight excluding hydrogens is 783 g/mol. The molecule has 61 heavy (non-hydrogen) atoms. The Bertz CT molecular complexity index is 1590. The van der Waals surface area contributed by atoms with Gasteiger partial charge in [-0.2, -0.15) is 10.2 Å². The third kappa shape index (κ3) is 13.1. The zero-order valence-corrected chi connectivity index (χ0v) is 38.1. The maximum absolute atomic E-state index is 14.5. The van der Waals surface area contributed by atoms with Crippen LogP contribution >= 0.6 is 0 Å². The van der Waals surface area contributed by atoms with Crippen LogP contribution in [0, 0.1) is 29.6 Å². The molecule has 4 aliphatic rings. The molecule has 1 amide bonds. The average molecular weight is 862 g/mol. The van der Waals surface area contributed by atoms with E-state index in [9.17, 15) is 29.7 Å². The maximum Gasteiger partial charge on any atom is 0.329 e. The van der Waals surface area contributed by atoms with E-state index in [1.54, 1.807) is 28.3 Å². The summed E-state index contributed by atoms with van der Waals surface area (Å²) in [5.74, 6) is -6.84. The van der Waals surface area contributed by atoms with Crippen molar-refractivity contribution in [1.29, 1.82) is 0 Å². The van der Waals surface area contributed by atoms with Crippen molar-refractivity contribution in [2.45, 2.75) is 188 Å². The Balaban J connectivity index is 0.00000992. The summed E-state index contributed by atoms with van der Waals surface area (Å²) in [6, 6.07) is -1.11. The zero-order chi connectivity index (χ0) is 44.5. The van der Waals surface area contributed by atoms with E-state index in [1.807, 2.05) is 33.8 Å². The highest BCUT2D eigenvalue weighted by atomic mass is 16.7. The van der Waals surface area contributed by atoms with E-state index in [1.165, 1.54) is 4.90 Å². The number of cyclic esters (lactones) is 1. The number of carbonyl (C=O) groups is 3. The summed E-state index contributed by atoms with van der Waals surface area (Å²) in [6.45, 7) is 15.5. The number of hydrogen-bond donors (Lipinski definition) is 3. The third-order valence-electron chi connectivity index (χ3n) is 13.3. The monoisotopic (exact) mass is 862 g/mol. The van der Waals surface area contributed by atoms with Gasteiger partial charge in [0.15, 0.2) is 0 Å². The zero-order valence-electron chi connectivity index (χ0n) is 38.1. The molecule has 0 unspecified atom stereocenters. The second kappa shape index (κ2) is 23.7. The molecule has 3 fully saturated rings. The largest absolute Gasteiger partial charge is 0.456 e. The molecule has 2 saturated heterocycles. The number of Topliss-reactive ketones (excluding diaryl/α,β-unsaturated/α-hetero) is 1. The Morgan fingerprint density at radius 3 is 2.20 bits per heavy atom. The summed E-state index contributed by atoms with van der Waals surface area (Å²) in [4.78, 5) is 44.3. The summed E-state index contributed by atoms with van der Waals surface area (Å²) in [5.41, 5.74) is 3.30. The first-order chi connectivity index (χ1) is 28.4. The van der Waals surface area contributed by atoms with Crippen LogP contribution in [0.15, 0.2) is 33.5 Å². The van der Waals surface area contributed by atoms with Gasteiger partial charge in [-0.3, -0.25) is 9.59 Å². The summed E-state index contributed by atoms with van der Waals surface area (Å²) in [7, 11) is 4.70. The molecule has 0 spiro atoms. The highest BCUT2D eigenvalue weighted by molar-refractivity contribution is 6.39. The average Bonchev–Trinajstić information content (AvgIpc) is 3.22. The SMILES string of the molecule is C.CC[C@@H]1/C=C(\C)C[C@H](C)C[C@H](OC)[C@H]2O[C@@](O)(C(=O)C(=O)N3CCCC[C@H]3C(=O)O[C@H](/C(C)=C/[C@@H]3CC[C@@H](O)[C@H](OC)C3)[C@H](C)[C@@H](O)C/C1=N/N=C(C)C)[C@H](C)C[C@@H]2OC. The Morgan fingerprint density at radius 1 is 0.918 bits per heavy atom. The quantitative estimate of drug-likeness (QED) is 0.0849. The molecule has 14 nitrogen and oxygen atoms in total. The van der Waals surface area contributed by atoms with Gasteiger partial charge >= 0.3 is 5.97 Å². The third-order valence-corrected chi connectivity index (χ3v) is 13.3. The van der Waals surface area contributed by atoms with Gasteiger partial charge in [-0.1, -0.05) is 52.8 Å². The fourth-order valence-corrected chi connectivity index (χ4v) is 9.69. The standard InChI is InChI=1S/C46H75N3O11.CH4/c1-12-33-20-27(4)19-28(5)21-39(57-10)42-40(58-11)23-30(7)46(55,60-42)43(52)44(53)49-18-14-13-15-35(49)45(54)59-41(31(8)37(51)25-34(33)48-47-26(2)3)29(6)22-32-16-17-36(50)38(24-32)56-9;/h20,22,28,30-33,35-42,50-51,55H,12-19,21,23-25H2,1-11H3;1H4/b27-20+,29-22+,48-34-;/t28-,30+,31+,32-,33+,35-,36+,37-,38+,39-,40-,41+,42+,46+;/m0./s1. The topological polar surface area (TPSA) is 186 Å². The van der Waals surface area contributed by atoms with Crippen LogP contribution < -0.4 is 0 Å². The molecule has 0 radical (unpaired) electrons. The van der Waals surface area contributed by atoms with E-state index >= 15 is 0 Å². The normalized spacial score (nSPS) is 39.5. The molecule has 3 aliphatic heterocycles. The van der Waals surface area contributed by atoms with Crippen LogP contribution in [-0.4, -0.2) is 132 Å². The first-order valence-electron chi connectivity index (χ1n) is 22.2. The second-order valence-corrected chi connectivity index (χ2v) is 18.3. The summed E-state index contributed by atoms with van der Waals surface area (Å²) >= 11 is 0. The van der Waals surface area contributed by atoms with Gasteiger partial charge in [0.25, 0.3) is 11.7 Å². The van der Waals surface area contributed by atoms with Crippen molar-refractivity contribution in [2.24, 2.45) is 39.8 Å². The van der Waals surface area contributed by atoms with Crippen molar-refractivity contribution < 1.29 is 53.4 Å². The van der Waals surface area contributed by atoms with Crippen molar-refractivity contribution in [3.05, 3.63) is 23.3 Å². The number of allylic oxidation sites excluding steroid dienone is 3. The second-order valence-electron chi connectivity index (χ2n) is 18.3. The molecule has 348 valence electrons. The van der Waals surface area contributed by atoms with Crippen molar-refractivity contribution in [1.82, 2.24) is 4.90 Å². The van der Waals surface area contributed by atoms with Gasteiger partial charge in [-0.05, 0) is 109 Å². The number of ketones is 1. The number of esters is 1. The van der Waals surface area contributed by atoms with Gasteiger partial charge in [0.2, 0.25) is 5.79 Å². The Hall–Kier alpha value is -2.85. The number of aliphatic hydroxyl groups is 3. The number of amides is 1. The summed E-state index contributed by atoms with van der Waals surface area (Å²) in [5, 5.41) is 43.8. The summed E-state index contributed by atoms with van der Waals surface area (Å²) in [6.07, 6.45) is 4.97. The molecule has 0 aromatic carbocycles. The van der Waals surface area contributed by atoms with Gasteiger partial charge in [-0.25, -0.2) is 4.79 Å². The van der Waals surface area contributed by atoms with E-state index in [0.717, 1.165) is 16.9 Å². The number of hydrogen-bond acceptors (Lipinski definition) is 13. The molecule has 14 atom stereocenters. The molecule has 14 heteroatoms. The molecule has 3 N–H and O–H groups in total. The molecule has 4 rings (SSSR count). The van der Waals surface area contributed by atoms with E-state index in [0.29, 0.717) is 57.1 Å². The Kier molecular flexibility index (Phi) is 20.4. The number of carbonyl (C=O) groups excluding carboxylic acids is 3. The lowest BCUT2D eigenvalue weighted by Gasteiger charge is -2.47. The lowest BCUT2D eigenvalue weighted by atomic mass is 9.81. The van der Waals surface area contributed by atoms with Crippen LogP contribution in [0.1, 0.15) is 133 Å². The fraction of sp³-hybridized carbons (Fsp3) is 0.809. The number of methoxy groups -OCH3 is 3. The highest BCUT2D eigenvalue weighted by Crippen LogP contribution is 2.39. The number of rotatable bonds is 7. The highest BCUT2D eigenvalue weighted by Gasteiger charge is 2.56. The number of ether oxygens (including phenoxy) is 5. The number of piperidine rings is 1. The molecule has 3 heterocycles. The summed E-state index contributed by atoms with van der Waals surface area (Å²) < 4.78 is 30.1. The van der Waals surface area contributed by atoms with Gasteiger partial charge in [0, 0.05) is 63.5 Å². The fourth-order valence-electron chi connectivity index (χ4n) is 9.69. The van der Waals surface area contributed by atoms with Crippen LogP contribution in [0.2, 0.25) is 0 Å². The van der Waals surface area contributed by atoms with E-state index in [4.69, 9.17) is 28.8 Å². The molecule has 0 aromatic heterocycles. The van der Waals surface area contributed by atoms with Gasteiger partial charge in [-0.15, -0.1) is 0 Å². The predicted molar refractivity (Wildman–Crippen MR) is 236 cm³/mol. The first-order valence-corrected chi connectivity index (χ1v) is 22.2. The van der Waals surface area contributed by atoms with Gasteiger partial charge in [0.05, 0.1) is 30.5 Å². The molecule has 1 aliphatic carbocycles. The van der Waals surface area contributed by atoms with Crippen molar-refractivity contribution >= 4 is 29.1 Å². The lowest BCUT2D eigenvalue weighted by molar-refractivity contribution is -0.302. The Morgan fingerprint density at radius 2 is 1.57 bits per heavy atom. The van der Waals surface area contributed by atoms with E-state index < -0.39 is 77.9 Å². The molecule has 2 bridgehead atoms. The Labute approximate surface area is 365 Å². The van der Waals surface area contributed by atoms with Crippen LogP contribution in [0.4, 0.5) is 0 Å². The minimum atomic E-state index is -2.49. The maximum atomic E-state index is 14.5. The number of nitrogens with zero attached hydrogens (tertiary/aromatic N) is 3. The predicted octanol–water partition coefficient (Wildman–Crippen LogP) is 6.38. The number of aliphatic hydroxyl groups excluding tert-OH is 2. The van der Waals surface area contributed by atoms with Crippen LogP contribution in [-0.2, 0) is 38.1 Å². The van der Waals surface area contributed by atoms with Gasteiger partial charge in [0.1, 0.15) is 18.2 Å². The minimum Gasteiger partial charge on any atom is -0.456 e. The van der Waals surface area contributed by atoms with Crippen LogP contribution in [0.3, 0.4) is 0 Å². The first kappa shape index (κ1) is 52.5. The van der Waals surface area contributed by atoms with E-state index in [-0.39, 0.29) is 57.1 Å². The van der Waals surface area contributed by atoms with Crippen molar-refractivity contribution in [2.75, 3.05) is 27.9 Å². The molecular formula is C47H79N3O11.